The smallest absolute Gasteiger partial charge is 0.261 e. The van der Waals surface area contributed by atoms with Crippen molar-refractivity contribution in [3.63, 3.8) is 0 Å². The molecule has 2 fully saturated rings. The van der Waals surface area contributed by atoms with E-state index in [1.807, 2.05) is 59.4 Å². The quantitative estimate of drug-likeness (QED) is 0.710. The van der Waals surface area contributed by atoms with Crippen LogP contribution in [0.5, 0.6) is 0 Å². The summed E-state index contributed by atoms with van der Waals surface area (Å²) in [4.78, 5) is 13.4. The van der Waals surface area contributed by atoms with E-state index in [1.54, 1.807) is 4.90 Å². The summed E-state index contributed by atoms with van der Waals surface area (Å²) in [6, 6.07) is 2.03. The molecule has 26 heavy (non-hydrogen) atoms. The molecule has 0 aromatic carbocycles. The molecular weight excluding hydrogens is 340 g/mol. The lowest BCUT2D eigenvalue weighted by Gasteiger charge is -2.31. The fraction of sp³-hybridized carbons (Fsp3) is 0.895. The third kappa shape index (κ3) is 13.0. The highest BCUT2D eigenvalue weighted by Gasteiger charge is 2.41. The van der Waals surface area contributed by atoms with Gasteiger partial charge in [0, 0.05) is 37.5 Å². The van der Waals surface area contributed by atoms with Crippen molar-refractivity contribution in [1.29, 1.82) is 5.26 Å². The van der Waals surface area contributed by atoms with Crippen molar-refractivity contribution in [2.75, 3.05) is 26.2 Å². The van der Waals surface area contributed by atoms with Gasteiger partial charge in [-0.05, 0) is 41.0 Å². The number of carbonyl (C=O) groups excluding carboxylic acids is 1. The first-order valence-electron chi connectivity index (χ1n) is 9.31. The Hall–Kier alpha value is -1.26. The molecule has 1 amide bonds. The standard InChI is InChI=1S/C8H15F2N.C5H9NO2.C4H7N.C2H6/c1-7(2,3)11-5-4-8(9,10)6-11;7-4-6-2-1-5(8)3-6;1-4(2)3-5;1-2/h4-6H2,1-3H3;4-5,8H,1-3H2;4H,1-2H3;1-2H3. The van der Waals surface area contributed by atoms with E-state index >= 15 is 0 Å². The van der Waals surface area contributed by atoms with Gasteiger partial charge in [0.25, 0.3) is 5.92 Å². The fourth-order valence-corrected chi connectivity index (χ4v) is 2.17. The lowest BCUT2D eigenvalue weighted by atomic mass is 10.1. The second kappa shape index (κ2) is 13.0. The van der Waals surface area contributed by atoms with E-state index in [-0.39, 0.29) is 30.5 Å². The number of amides is 1. The minimum absolute atomic E-state index is 0.0181. The Balaban J connectivity index is 0. The Morgan fingerprint density at radius 1 is 1.27 bits per heavy atom. The lowest BCUT2D eigenvalue weighted by Crippen LogP contribution is -2.40. The van der Waals surface area contributed by atoms with Crippen molar-refractivity contribution < 1.29 is 18.7 Å². The van der Waals surface area contributed by atoms with E-state index < -0.39 is 5.92 Å². The van der Waals surface area contributed by atoms with Gasteiger partial charge >= 0.3 is 0 Å². The molecule has 0 aromatic heterocycles. The molecule has 2 rings (SSSR count). The average molecular weight is 378 g/mol. The molecule has 0 radical (unpaired) electrons. The van der Waals surface area contributed by atoms with Crippen molar-refractivity contribution in [2.24, 2.45) is 5.92 Å². The molecule has 0 saturated carbocycles. The van der Waals surface area contributed by atoms with Gasteiger partial charge in [-0.15, -0.1) is 0 Å². The molecule has 2 aliphatic rings. The second-order valence-corrected chi connectivity index (χ2v) is 7.52. The molecule has 154 valence electrons. The molecule has 5 nitrogen and oxygen atoms in total. The van der Waals surface area contributed by atoms with Gasteiger partial charge in [-0.1, -0.05) is 13.8 Å². The number of β-amino-alcohol motifs (C(OH)–C–C–N with tert-alkyl or cyclic N) is 1. The summed E-state index contributed by atoms with van der Waals surface area (Å²) in [5.41, 5.74) is -0.111. The van der Waals surface area contributed by atoms with E-state index in [4.69, 9.17) is 10.4 Å². The first-order chi connectivity index (χ1) is 11.9. The summed E-state index contributed by atoms with van der Waals surface area (Å²) in [6.07, 6.45) is 1.25. The molecule has 2 aliphatic heterocycles. The molecule has 1 N–H and O–H groups in total. The van der Waals surface area contributed by atoms with Crippen LogP contribution in [-0.2, 0) is 4.79 Å². The number of nitriles is 1. The van der Waals surface area contributed by atoms with Crippen LogP contribution in [0.4, 0.5) is 8.78 Å². The Labute approximate surface area is 158 Å². The van der Waals surface area contributed by atoms with Gasteiger partial charge in [-0.25, -0.2) is 8.78 Å². The largest absolute Gasteiger partial charge is 0.391 e. The summed E-state index contributed by atoms with van der Waals surface area (Å²) in [5.74, 6) is -2.26. The van der Waals surface area contributed by atoms with Gasteiger partial charge in [0.1, 0.15) is 0 Å². The van der Waals surface area contributed by atoms with Crippen molar-refractivity contribution in [3.05, 3.63) is 0 Å². The maximum absolute atomic E-state index is 12.7. The third-order valence-electron chi connectivity index (χ3n) is 3.72. The molecule has 1 atom stereocenters. The minimum Gasteiger partial charge on any atom is -0.391 e. The molecule has 0 bridgehead atoms. The van der Waals surface area contributed by atoms with E-state index in [1.165, 1.54) is 0 Å². The van der Waals surface area contributed by atoms with Crippen LogP contribution in [0.2, 0.25) is 0 Å². The molecule has 2 heterocycles. The number of likely N-dealkylation sites (tertiary alicyclic amines) is 2. The third-order valence-corrected chi connectivity index (χ3v) is 3.72. The topological polar surface area (TPSA) is 67.6 Å². The van der Waals surface area contributed by atoms with Gasteiger partial charge in [0.05, 0.1) is 18.7 Å². The number of hydrogen-bond donors (Lipinski definition) is 1. The summed E-state index contributed by atoms with van der Waals surface area (Å²) in [7, 11) is 0. The number of nitrogens with zero attached hydrogens (tertiary/aromatic N) is 3. The van der Waals surface area contributed by atoms with E-state index in [0.29, 0.717) is 19.6 Å². The van der Waals surface area contributed by atoms with Crippen molar-refractivity contribution in [1.82, 2.24) is 9.80 Å². The zero-order valence-electron chi connectivity index (χ0n) is 17.4. The Morgan fingerprint density at radius 2 is 1.77 bits per heavy atom. The van der Waals surface area contributed by atoms with E-state index in [0.717, 1.165) is 12.8 Å². The van der Waals surface area contributed by atoms with Crippen molar-refractivity contribution >= 4 is 6.41 Å². The first-order valence-corrected chi connectivity index (χ1v) is 9.31. The highest BCUT2D eigenvalue weighted by Crippen LogP contribution is 2.31. The van der Waals surface area contributed by atoms with Gasteiger partial charge < -0.3 is 10.0 Å². The monoisotopic (exact) mass is 377 g/mol. The average Bonchev–Trinajstić information content (AvgIpc) is 3.15. The van der Waals surface area contributed by atoms with Gasteiger partial charge in [0.15, 0.2) is 0 Å². The number of hydrogen-bond acceptors (Lipinski definition) is 4. The molecule has 0 aliphatic carbocycles. The highest BCUT2D eigenvalue weighted by atomic mass is 19.3. The van der Waals surface area contributed by atoms with Crippen LogP contribution in [0.3, 0.4) is 0 Å². The molecule has 7 heteroatoms. The zero-order valence-corrected chi connectivity index (χ0v) is 17.4. The molecule has 0 aromatic rings. The predicted molar refractivity (Wildman–Crippen MR) is 101 cm³/mol. The maximum atomic E-state index is 12.7. The first kappa shape index (κ1) is 27.0. The summed E-state index contributed by atoms with van der Waals surface area (Å²) in [6.45, 7) is 15.3. The van der Waals surface area contributed by atoms with Crippen molar-refractivity contribution in [2.45, 2.75) is 78.9 Å². The van der Waals surface area contributed by atoms with Crippen LogP contribution in [0.1, 0.15) is 61.3 Å². The van der Waals surface area contributed by atoms with Crippen LogP contribution in [0, 0.1) is 17.2 Å². The van der Waals surface area contributed by atoms with Crippen LogP contribution in [0.25, 0.3) is 0 Å². The summed E-state index contributed by atoms with van der Waals surface area (Å²) in [5, 5.41) is 16.7. The van der Waals surface area contributed by atoms with Crippen LogP contribution in [-0.4, -0.2) is 65.1 Å². The second-order valence-electron chi connectivity index (χ2n) is 7.52. The Bertz CT molecular complexity index is 418. The summed E-state index contributed by atoms with van der Waals surface area (Å²) < 4.78 is 25.4. The SMILES string of the molecule is CC.CC(C)(C)N1CCC(F)(F)C1.CC(C)C#N.O=CN1CCC(O)C1. The number of aliphatic hydroxyl groups excluding tert-OH is 1. The molecule has 2 saturated heterocycles. The summed E-state index contributed by atoms with van der Waals surface area (Å²) >= 11 is 0. The van der Waals surface area contributed by atoms with E-state index in [2.05, 4.69) is 0 Å². The van der Waals surface area contributed by atoms with Crippen LogP contribution in [0.15, 0.2) is 0 Å². The number of halogens is 2. The normalized spacial score (nSPS) is 21.5. The Kier molecular flexibility index (Phi) is 13.5. The maximum Gasteiger partial charge on any atom is 0.261 e. The Morgan fingerprint density at radius 3 is 1.92 bits per heavy atom. The van der Waals surface area contributed by atoms with E-state index in [9.17, 15) is 13.6 Å². The number of rotatable bonds is 1. The molecule has 0 spiro atoms. The van der Waals surface area contributed by atoms with Gasteiger partial charge in [0.2, 0.25) is 6.41 Å². The predicted octanol–water partition coefficient (Wildman–Crippen LogP) is 3.53. The lowest BCUT2D eigenvalue weighted by molar-refractivity contribution is -0.117. The minimum atomic E-state index is -2.45. The van der Waals surface area contributed by atoms with Gasteiger partial charge in [-0.2, -0.15) is 5.26 Å². The number of aliphatic hydroxyl groups is 1. The van der Waals surface area contributed by atoms with Gasteiger partial charge in [-0.3, -0.25) is 9.69 Å². The molecular formula is C19H37F2N3O2. The fourth-order valence-electron chi connectivity index (χ4n) is 2.17. The number of alkyl halides is 2. The van der Waals surface area contributed by atoms with Crippen LogP contribution < -0.4 is 0 Å². The van der Waals surface area contributed by atoms with Crippen molar-refractivity contribution in [3.8, 4) is 6.07 Å². The number of carbonyl (C=O) groups is 1. The zero-order chi connectivity index (χ0) is 21.0. The molecule has 1 unspecified atom stereocenters. The highest BCUT2D eigenvalue weighted by molar-refractivity contribution is 5.47. The van der Waals surface area contributed by atoms with Crippen LogP contribution >= 0.6 is 0 Å².